The summed E-state index contributed by atoms with van der Waals surface area (Å²) in [4.78, 5) is 51.0. The molecule has 0 bridgehead atoms. The molecule has 1 aliphatic rings. The molecule has 1 aromatic rings. The lowest BCUT2D eigenvalue weighted by Gasteiger charge is -2.39. The number of ether oxygens (including phenoxy) is 4. The third-order valence-electron chi connectivity index (χ3n) is 3.90. The van der Waals surface area contributed by atoms with Crippen molar-refractivity contribution < 1.29 is 43.0 Å². The van der Waals surface area contributed by atoms with Crippen LogP contribution in [0.5, 0.6) is 0 Å². The number of hydrogen-bond donors (Lipinski definition) is 2. The first-order valence-electron chi connectivity index (χ1n) is 9.18. The van der Waals surface area contributed by atoms with Crippen LogP contribution in [-0.2, 0) is 38.2 Å². The van der Waals surface area contributed by atoms with E-state index in [1.54, 1.807) is 30.3 Å². The van der Waals surface area contributed by atoms with Crippen LogP contribution in [0.2, 0.25) is 0 Å². The number of esters is 3. The zero-order valence-electron chi connectivity index (χ0n) is 17.1. The maximum absolute atomic E-state index is 12.0. The number of anilines is 1. The SMILES string of the molecule is CC(=O)OCC1OC(=NOC(=O)Nc2ccccc2)C(N)[C@@H](OC(C)=O)[C@@H]1OC(C)=O. The Labute approximate surface area is 177 Å². The molecule has 1 fully saturated rings. The second kappa shape index (κ2) is 10.9. The number of nitrogens with one attached hydrogen (secondary N) is 1. The van der Waals surface area contributed by atoms with Crippen molar-refractivity contribution in [2.45, 2.75) is 45.1 Å². The van der Waals surface area contributed by atoms with Gasteiger partial charge in [0.05, 0.1) is 0 Å². The van der Waals surface area contributed by atoms with E-state index in [1.807, 2.05) is 0 Å². The Bertz CT molecular complexity index is 843. The molecule has 0 spiro atoms. The molecule has 1 amide bonds. The summed E-state index contributed by atoms with van der Waals surface area (Å²) in [6, 6.07) is 7.20. The predicted octanol–water partition coefficient (Wildman–Crippen LogP) is 0.701. The molecule has 0 aliphatic carbocycles. The van der Waals surface area contributed by atoms with Crippen molar-refractivity contribution in [2.75, 3.05) is 11.9 Å². The summed E-state index contributed by atoms with van der Waals surface area (Å²) in [7, 11) is 0. The Morgan fingerprint density at radius 1 is 1.00 bits per heavy atom. The predicted molar refractivity (Wildman–Crippen MR) is 105 cm³/mol. The van der Waals surface area contributed by atoms with Crippen molar-refractivity contribution in [3.63, 3.8) is 0 Å². The van der Waals surface area contributed by atoms with Crippen molar-refractivity contribution >= 4 is 35.6 Å². The van der Waals surface area contributed by atoms with E-state index in [0.29, 0.717) is 5.69 Å². The van der Waals surface area contributed by atoms with Gasteiger partial charge in [0.2, 0.25) is 5.90 Å². The van der Waals surface area contributed by atoms with Crippen LogP contribution in [0.25, 0.3) is 0 Å². The third kappa shape index (κ3) is 7.26. The summed E-state index contributed by atoms with van der Waals surface area (Å²) in [5, 5.41) is 6.03. The van der Waals surface area contributed by atoms with Gasteiger partial charge in [0.15, 0.2) is 18.3 Å². The van der Waals surface area contributed by atoms with Gasteiger partial charge < -0.3 is 24.7 Å². The highest BCUT2D eigenvalue weighted by Gasteiger charge is 2.48. The number of nitrogens with zero attached hydrogens (tertiary/aromatic N) is 1. The van der Waals surface area contributed by atoms with E-state index >= 15 is 0 Å². The lowest BCUT2D eigenvalue weighted by molar-refractivity contribution is -0.185. The van der Waals surface area contributed by atoms with Crippen molar-refractivity contribution in [3.05, 3.63) is 30.3 Å². The first kappa shape index (κ1) is 23.6. The number of benzene rings is 1. The average Bonchev–Trinajstić information content (AvgIpc) is 2.69. The van der Waals surface area contributed by atoms with E-state index in [-0.39, 0.29) is 12.5 Å². The fraction of sp³-hybridized carbons (Fsp3) is 0.421. The van der Waals surface area contributed by atoms with Crippen molar-refractivity contribution in [3.8, 4) is 0 Å². The summed E-state index contributed by atoms with van der Waals surface area (Å²) in [5.74, 6) is -2.37. The molecule has 2 rings (SSSR count). The van der Waals surface area contributed by atoms with Gasteiger partial charge >= 0.3 is 24.0 Å². The van der Waals surface area contributed by atoms with Gasteiger partial charge in [0, 0.05) is 26.5 Å². The third-order valence-corrected chi connectivity index (χ3v) is 3.90. The van der Waals surface area contributed by atoms with Gasteiger partial charge in [-0.15, -0.1) is 0 Å². The molecule has 2 unspecified atom stereocenters. The van der Waals surface area contributed by atoms with Crippen LogP contribution < -0.4 is 11.1 Å². The Balaban J connectivity index is 2.21. The molecule has 4 atom stereocenters. The molecule has 168 valence electrons. The highest BCUT2D eigenvalue weighted by atomic mass is 16.7. The van der Waals surface area contributed by atoms with E-state index in [1.165, 1.54) is 6.92 Å². The van der Waals surface area contributed by atoms with Gasteiger partial charge in [-0.1, -0.05) is 18.2 Å². The monoisotopic (exact) mass is 437 g/mol. The quantitative estimate of drug-likeness (QED) is 0.280. The zero-order chi connectivity index (χ0) is 23.0. The second-order valence-electron chi connectivity index (χ2n) is 6.43. The zero-order valence-corrected chi connectivity index (χ0v) is 17.1. The topological polar surface area (TPSA) is 165 Å². The molecule has 3 N–H and O–H groups in total. The number of para-hydroxylation sites is 1. The molecular formula is C19H23N3O9. The van der Waals surface area contributed by atoms with E-state index in [2.05, 4.69) is 10.5 Å². The van der Waals surface area contributed by atoms with Crippen molar-refractivity contribution in [2.24, 2.45) is 10.9 Å². The van der Waals surface area contributed by atoms with Gasteiger partial charge in [-0.05, 0) is 17.3 Å². The summed E-state index contributed by atoms with van der Waals surface area (Å²) in [6.07, 6.45) is -4.50. The highest BCUT2D eigenvalue weighted by molar-refractivity contribution is 5.87. The summed E-state index contributed by atoms with van der Waals surface area (Å²) in [5.41, 5.74) is 6.51. The molecule has 1 heterocycles. The fourth-order valence-electron chi connectivity index (χ4n) is 2.68. The molecular weight excluding hydrogens is 414 g/mol. The van der Waals surface area contributed by atoms with E-state index in [0.717, 1.165) is 13.8 Å². The summed E-state index contributed by atoms with van der Waals surface area (Å²) in [6.45, 7) is 3.08. The van der Waals surface area contributed by atoms with Crippen molar-refractivity contribution in [1.29, 1.82) is 0 Å². The molecule has 0 saturated carbocycles. The van der Waals surface area contributed by atoms with E-state index < -0.39 is 48.4 Å². The minimum atomic E-state index is -1.24. The van der Waals surface area contributed by atoms with Gasteiger partial charge in [0.25, 0.3) is 0 Å². The largest absolute Gasteiger partial charge is 0.466 e. The smallest absolute Gasteiger partial charge is 0.437 e. The van der Waals surface area contributed by atoms with Crippen LogP contribution in [0, 0.1) is 0 Å². The molecule has 0 radical (unpaired) electrons. The molecule has 1 aliphatic heterocycles. The molecule has 1 aromatic carbocycles. The van der Waals surface area contributed by atoms with Crippen LogP contribution in [0.3, 0.4) is 0 Å². The van der Waals surface area contributed by atoms with Crippen LogP contribution in [0.4, 0.5) is 10.5 Å². The standard InChI is InChI=1S/C19H23N3O9/c1-10(23)27-9-14-16(28-11(2)24)17(29-12(3)25)15(20)18(30-14)22-31-19(26)21-13-7-5-4-6-8-13/h4-8,14-17H,9,20H2,1-3H3,(H,21,26)/t14?,15?,16-,17-/m1/s1. The van der Waals surface area contributed by atoms with Crippen LogP contribution in [-0.4, -0.2) is 60.9 Å². The normalized spacial score (nSPS) is 23.8. The van der Waals surface area contributed by atoms with Gasteiger partial charge in [-0.2, -0.15) is 0 Å². The minimum absolute atomic E-state index is 0.324. The Morgan fingerprint density at radius 3 is 2.19 bits per heavy atom. The molecule has 12 heteroatoms. The van der Waals surface area contributed by atoms with Gasteiger partial charge in [-0.3, -0.25) is 24.5 Å². The first-order chi connectivity index (χ1) is 14.7. The number of hydrogen-bond acceptors (Lipinski definition) is 11. The minimum Gasteiger partial charge on any atom is -0.466 e. The Morgan fingerprint density at radius 2 is 1.61 bits per heavy atom. The van der Waals surface area contributed by atoms with Crippen LogP contribution >= 0.6 is 0 Å². The number of carbonyl (C=O) groups excluding carboxylic acids is 4. The lowest BCUT2D eigenvalue weighted by atomic mass is 9.97. The van der Waals surface area contributed by atoms with E-state index in [4.69, 9.17) is 29.5 Å². The number of oxime groups is 1. The highest BCUT2D eigenvalue weighted by Crippen LogP contribution is 2.23. The first-order valence-corrected chi connectivity index (χ1v) is 9.18. The van der Waals surface area contributed by atoms with Gasteiger partial charge in [0.1, 0.15) is 12.6 Å². The molecule has 0 aromatic heterocycles. The van der Waals surface area contributed by atoms with Crippen molar-refractivity contribution in [1.82, 2.24) is 0 Å². The molecule has 12 nitrogen and oxygen atoms in total. The van der Waals surface area contributed by atoms with Crippen LogP contribution in [0.1, 0.15) is 20.8 Å². The number of carbonyl (C=O) groups is 4. The van der Waals surface area contributed by atoms with E-state index in [9.17, 15) is 19.2 Å². The number of amides is 1. The summed E-state index contributed by atoms with van der Waals surface area (Å²) < 4.78 is 20.8. The summed E-state index contributed by atoms with van der Waals surface area (Å²) >= 11 is 0. The Kier molecular flexibility index (Phi) is 8.32. The average molecular weight is 437 g/mol. The lowest BCUT2D eigenvalue weighted by Crippen LogP contribution is -2.62. The Hall–Kier alpha value is -3.67. The van der Waals surface area contributed by atoms with Gasteiger partial charge in [-0.25, -0.2) is 4.79 Å². The number of nitrogens with two attached hydrogens (primary N) is 1. The fourth-order valence-corrected chi connectivity index (χ4v) is 2.68. The maximum Gasteiger partial charge on any atom is 0.437 e. The maximum atomic E-state index is 12.0. The molecule has 1 saturated heterocycles. The second-order valence-corrected chi connectivity index (χ2v) is 6.43. The number of rotatable bonds is 6. The molecule has 31 heavy (non-hydrogen) atoms. The van der Waals surface area contributed by atoms with Crippen LogP contribution in [0.15, 0.2) is 35.5 Å².